The molecule has 0 radical (unpaired) electrons. The number of aryl methyl sites for hydroxylation is 1. The van der Waals surface area contributed by atoms with E-state index in [4.69, 9.17) is 10.2 Å². The van der Waals surface area contributed by atoms with Gasteiger partial charge in [0, 0.05) is 19.6 Å². The first kappa shape index (κ1) is 15.5. The summed E-state index contributed by atoms with van der Waals surface area (Å²) < 4.78 is 2.16. The van der Waals surface area contributed by atoms with Gasteiger partial charge in [0.15, 0.2) is 0 Å². The van der Waals surface area contributed by atoms with Crippen molar-refractivity contribution >= 4 is 17.0 Å². The van der Waals surface area contributed by atoms with Gasteiger partial charge in [0.05, 0.1) is 16.6 Å². The molecule has 0 aliphatic carbocycles. The van der Waals surface area contributed by atoms with Gasteiger partial charge < -0.3 is 14.8 Å². The summed E-state index contributed by atoms with van der Waals surface area (Å²) in [4.78, 5) is 15.6. The lowest BCUT2D eigenvalue weighted by atomic mass is 10.0. The second-order valence-corrected chi connectivity index (χ2v) is 5.29. The summed E-state index contributed by atoms with van der Waals surface area (Å²) in [7, 11) is 0. The molecule has 0 aliphatic rings. The second-order valence-electron chi connectivity index (χ2n) is 5.29. The lowest BCUT2D eigenvalue weighted by Gasteiger charge is -2.16. The first-order valence-electron chi connectivity index (χ1n) is 7.44. The summed E-state index contributed by atoms with van der Waals surface area (Å²) >= 11 is 0. The first-order valence-corrected chi connectivity index (χ1v) is 7.44. The van der Waals surface area contributed by atoms with Crippen LogP contribution in [0.1, 0.15) is 42.9 Å². The maximum Gasteiger partial charge on any atom is 0.335 e. The molecule has 1 unspecified atom stereocenters. The molecular weight excluding hydrogens is 268 g/mol. The fourth-order valence-electron chi connectivity index (χ4n) is 2.65. The zero-order valence-corrected chi connectivity index (χ0v) is 12.5. The molecule has 2 aromatic rings. The zero-order valence-electron chi connectivity index (χ0n) is 12.5. The second kappa shape index (κ2) is 6.72. The smallest absolute Gasteiger partial charge is 0.335 e. The number of rotatable bonds is 7. The van der Waals surface area contributed by atoms with Gasteiger partial charge in [-0.1, -0.05) is 20.3 Å². The summed E-state index contributed by atoms with van der Waals surface area (Å²) in [6, 6.07) is 5.08. The average molecular weight is 290 g/mol. The van der Waals surface area contributed by atoms with Crippen molar-refractivity contribution in [2.45, 2.75) is 39.7 Å². The monoisotopic (exact) mass is 290 g/mol. The molecule has 114 valence electrons. The third-order valence-corrected chi connectivity index (χ3v) is 3.95. The van der Waals surface area contributed by atoms with Crippen molar-refractivity contribution in [3.05, 3.63) is 29.6 Å². The van der Waals surface area contributed by atoms with E-state index in [-0.39, 0.29) is 12.2 Å². The van der Waals surface area contributed by atoms with Crippen LogP contribution in [0.25, 0.3) is 11.0 Å². The Hall–Kier alpha value is -1.88. The van der Waals surface area contributed by atoms with E-state index in [1.165, 1.54) is 0 Å². The van der Waals surface area contributed by atoms with Crippen LogP contribution in [0.3, 0.4) is 0 Å². The minimum Gasteiger partial charge on any atom is -0.478 e. The number of nitrogens with zero attached hydrogens (tertiary/aromatic N) is 2. The molecule has 2 rings (SSSR count). The van der Waals surface area contributed by atoms with Crippen LogP contribution in [-0.2, 0) is 13.0 Å². The number of aromatic nitrogens is 2. The van der Waals surface area contributed by atoms with Crippen molar-refractivity contribution in [2.75, 3.05) is 6.61 Å². The molecule has 0 amide bonds. The number of aliphatic hydroxyl groups excluding tert-OH is 1. The maximum absolute atomic E-state index is 11.1. The molecule has 1 aromatic heterocycles. The summed E-state index contributed by atoms with van der Waals surface area (Å²) in [5.74, 6) is 0.428. The molecule has 0 saturated heterocycles. The minimum atomic E-state index is -0.934. The Bertz CT molecular complexity index is 634. The predicted molar refractivity (Wildman–Crippen MR) is 81.6 cm³/mol. The van der Waals surface area contributed by atoms with Gasteiger partial charge in [-0.25, -0.2) is 9.78 Å². The maximum atomic E-state index is 11.1. The normalized spacial score (nSPS) is 12.7. The fourth-order valence-corrected chi connectivity index (χ4v) is 2.65. The van der Waals surface area contributed by atoms with Gasteiger partial charge in [-0.15, -0.1) is 0 Å². The lowest BCUT2D eigenvalue weighted by Crippen LogP contribution is -2.13. The average Bonchev–Trinajstić information content (AvgIpc) is 2.83. The number of aliphatic hydroxyl groups is 1. The number of imidazole rings is 1. The Kier molecular flexibility index (Phi) is 4.96. The van der Waals surface area contributed by atoms with Gasteiger partial charge in [-0.2, -0.15) is 0 Å². The first-order chi connectivity index (χ1) is 10.1. The van der Waals surface area contributed by atoms with Crippen molar-refractivity contribution in [3.8, 4) is 0 Å². The quantitative estimate of drug-likeness (QED) is 0.822. The van der Waals surface area contributed by atoms with E-state index in [1.54, 1.807) is 12.1 Å². The Morgan fingerprint density at radius 1 is 1.38 bits per heavy atom. The van der Waals surface area contributed by atoms with Crippen molar-refractivity contribution < 1.29 is 15.0 Å². The van der Waals surface area contributed by atoms with Crippen LogP contribution in [0.2, 0.25) is 0 Å². The topological polar surface area (TPSA) is 75.3 Å². The number of carbonyl (C=O) groups is 1. The summed E-state index contributed by atoms with van der Waals surface area (Å²) in [5, 5.41) is 18.2. The highest BCUT2D eigenvalue weighted by atomic mass is 16.4. The predicted octanol–water partition coefficient (Wildman–Crippen LogP) is 2.71. The number of carboxylic acids is 1. The SMILES string of the molecule is CCc1nc2cc(C(=O)O)ccc2n1CC(CC)CCO. The summed E-state index contributed by atoms with van der Waals surface area (Å²) in [5.41, 5.74) is 1.95. The van der Waals surface area contributed by atoms with Crippen LogP contribution < -0.4 is 0 Å². The molecule has 2 N–H and O–H groups in total. The van der Waals surface area contributed by atoms with Gasteiger partial charge in [-0.3, -0.25) is 0 Å². The van der Waals surface area contributed by atoms with E-state index in [0.717, 1.165) is 42.7 Å². The van der Waals surface area contributed by atoms with Gasteiger partial charge in [0.2, 0.25) is 0 Å². The molecule has 0 spiro atoms. The Morgan fingerprint density at radius 3 is 2.71 bits per heavy atom. The third-order valence-electron chi connectivity index (χ3n) is 3.95. The van der Waals surface area contributed by atoms with Gasteiger partial charge in [-0.05, 0) is 30.5 Å². The highest BCUT2D eigenvalue weighted by molar-refractivity contribution is 5.92. The Balaban J connectivity index is 2.43. The highest BCUT2D eigenvalue weighted by Crippen LogP contribution is 2.22. The molecule has 5 nitrogen and oxygen atoms in total. The summed E-state index contributed by atoms with van der Waals surface area (Å²) in [6.45, 7) is 5.16. The molecule has 1 heterocycles. The minimum absolute atomic E-state index is 0.190. The molecule has 1 aromatic carbocycles. The number of hydrogen-bond donors (Lipinski definition) is 2. The van der Waals surface area contributed by atoms with E-state index in [9.17, 15) is 4.79 Å². The van der Waals surface area contributed by atoms with Crippen molar-refractivity contribution in [3.63, 3.8) is 0 Å². The van der Waals surface area contributed by atoms with Crippen molar-refractivity contribution in [2.24, 2.45) is 5.92 Å². The fraction of sp³-hybridized carbons (Fsp3) is 0.500. The van der Waals surface area contributed by atoms with Gasteiger partial charge in [0.25, 0.3) is 0 Å². The van der Waals surface area contributed by atoms with Crippen molar-refractivity contribution in [1.82, 2.24) is 9.55 Å². The Morgan fingerprint density at radius 2 is 2.14 bits per heavy atom. The van der Waals surface area contributed by atoms with E-state index in [0.29, 0.717) is 5.92 Å². The van der Waals surface area contributed by atoms with Gasteiger partial charge >= 0.3 is 5.97 Å². The number of hydrogen-bond acceptors (Lipinski definition) is 3. The largest absolute Gasteiger partial charge is 0.478 e. The molecule has 0 fully saturated rings. The highest BCUT2D eigenvalue weighted by Gasteiger charge is 2.15. The zero-order chi connectivity index (χ0) is 15.4. The molecule has 0 bridgehead atoms. The molecule has 0 saturated carbocycles. The van der Waals surface area contributed by atoms with Crippen LogP contribution in [0.15, 0.2) is 18.2 Å². The van der Waals surface area contributed by atoms with Crippen molar-refractivity contribution in [1.29, 1.82) is 0 Å². The molecule has 1 atom stereocenters. The number of aromatic carboxylic acids is 1. The van der Waals surface area contributed by atoms with E-state index >= 15 is 0 Å². The summed E-state index contributed by atoms with van der Waals surface area (Å²) in [6.07, 6.45) is 2.57. The number of carboxylic acid groups (broad SMARTS) is 1. The third kappa shape index (κ3) is 3.24. The van der Waals surface area contributed by atoms with Crippen LogP contribution >= 0.6 is 0 Å². The van der Waals surface area contributed by atoms with E-state index in [1.807, 2.05) is 13.0 Å². The molecular formula is C16H22N2O3. The van der Waals surface area contributed by atoms with Crippen LogP contribution in [0.4, 0.5) is 0 Å². The molecule has 21 heavy (non-hydrogen) atoms. The van der Waals surface area contributed by atoms with Gasteiger partial charge in [0.1, 0.15) is 5.82 Å². The molecule has 0 aliphatic heterocycles. The number of benzene rings is 1. The standard InChI is InChI=1S/C16H22N2O3/c1-3-11(7-8-19)10-18-14-6-5-12(16(20)21)9-13(14)17-15(18)4-2/h5-6,9,11,19H,3-4,7-8,10H2,1-2H3,(H,20,21). The van der Waals surface area contributed by atoms with E-state index < -0.39 is 5.97 Å². The lowest BCUT2D eigenvalue weighted by molar-refractivity contribution is 0.0697. The Labute approximate surface area is 124 Å². The van der Waals surface area contributed by atoms with Crippen LogP contribution in [0.5, 0.6) is 0 Å². The molecule has 5 heteroatoms. The van der Waals surface area contributed by atoms with E-state index in [2.05, 4.69) is 16.5 Å². The van der Waals surface area contributed by atoms with Crippen LogP contribution in [-0.4, -0.2) is 32.3 Å². The van der Waals surface area contributed by atoms with Crippen LogP contribution in [0, 0.1) is 5.92 Å². The number of fused-ring (bicyclic) bond motifs is 1.